The summed E-state index contributed by atoms with van der Waals surface area (Å²) in [5.74, 6) is 1.00. The minimum Gasteiger partial charge on any atom is -0.486 e. The van der Waals surface area contributed by atoms with E-state index in [-0.39, 0.29) is 5.60 Å². The van der Waals surface area contributed by atoms with E-state index in [1.165, 1.54) is 5.56 Å². The first-order valence-corrected chi connectivity index (χ1v) is 5.70. The van der Waals surface area contributed by atoms with Gasteiger partial charge in [0, 0.05) is 24.3 Å². The molecule has 80 valence electrons. The van der Waals surface area contributed by atoms with Gasteiger partial charge in [0.05, 0.1) is 13.2 Å². The molecule has 0 aromatic heterocycles. The average molecular weight is 225 g/mol. The summed E-state index contributed by atoms with van der Waals surface area (Å²) in [5, 5.41) is 0.793. The Labute approximate surface area is 94.1 Å². The zero-order chi connectivity index (χ0) is 10.3. The molecule has 0 amide bonds. The lowest BCUT2D eigenvalue weighted by atomic mass is 9.89. The molecule has 0 N–H and O–H groups in total. The fraction of sp³-hybridized carbons (Fsp3) is 0.500. The normalized spacial score (nSPS) is 22.5. The van der Waals surface area contributed by atoms with E-state index in [4.69, 9.17) is 21.1 Å². The molecule has 1 saturated heterocycles. The smallest absolute Gasteiger partial charge is 0.123 e. The summed E-state index contributed by atoms with van der Waals surface area (Å²) in [5.41, 5.74) is 1.23. The van der Waals surface area contributed by atoms with Crippen LogP contribution in [0.15, 0.2) is 18.2 Å². The molecule has 0 atom stereocenters. The van der Waals surface area contributed by atoms with Gasteiger partial charge in [-0.15, -0.1) is 0 Å². The Bertz CT molecular complexity index is 383. The summed E-state index contributed by atoms with van der Waals surface area (Å²) in [6, 6.07) is 5.88. The van der Waals surface area contributed by atoms with Crippen molar-refractivity contribution in [1.82, 2.24) is 0 Å². The summed E-state index contributed by atoms with van der Waals surface area (Å²) in [6.45, 7) is 1.61. The van der Waals surface area contributed by atoms with Gasteiger partial charge in [-0.1, -0.05) is 11.6 Å². The molecular weight excluding hydrogens is 212 g/mol. The number of benzene rings is 1. The monoisotopic (exact) mass is 224 g/mol. The lowest BCUT2D eigenvalue weighted by molar-refractivity contribution is -0.0330. The minimum atomic E-state index is -0.00867. The van der Waals surface area contributed by atoms with Crippen molar-refractivity contribution < 1.29 is 9.47 Å². The number of rotatable bonds is 0. The van der Waals surface area contributed by atoms with Crippen molar-refractivity contribution in [3.63, 3.8) is 0 Å². The van der Waals surface area contributed by atoms with Gasteiger partial charge in [-0.2, -0.15) is 0 Å². The standard InChI is InChI=1S/C12H13ClO2/c13-10-1-2-11-9(7-10)8-12(15-11)3-5-14-6-4-12/h1-2,7H,3-6,8H2. The molecule has 2 nitrogen and oxygen atoms in total. The van der Waals surface area contributed by atoms with Gasteiger partial charge < -0.3 is 9.47 Å². The second-order valence-corrected chi connectivity index (χ2v) is 4.76. The fourth-order valence-electron chi connectivity index (χ4n) is 2.42. The van der Waals surface area contributed by atoms with Crippen molar-refractivity contribution in [3.05, 3.63) is 28.8 Å². The molecule has 0 unspecified atom stereocenters. The van der Waals surface area contributed by atoms with Gasteiger partial charge in [-0.05, 0) is 23.8 Å². The van der Waals surface area contributed by atoms with E-state index in [1.54, 1.807) is 0 Å². The molecule has 3 rings (SSSR count). The Morgan fingerprint density at radius 2 is 2.00 bits per heavy atom. The van der Waals surface area contributed by atoms with Crippen LogP contribution in [0.4, 0.5) is 0 Å². The van der Waals surface area contributed by atoms with E-state index >= 15 is 0 Å². The van der Waals surface area contributed by atoms with E-state index in [1.807, 2.05) is 18.2 Å². The fourth-order valence-corrected chi connectivity index (χ4v) is 2.62. The van der Waals surface area contributed by atoms with Crippen molar-refractivity contribution in [1.29, 1.82) is 0 Å². The molecule has 0 bridgehead atoms. The van der Waals surface area contributed by atoms with Gasteiger partial charge in [-0.3, -0.25) is 0 Å². The van der Waals surface area contributed by atoms with Crippen molar-refractivity contribution in [2.45, 2.75) is 24.9 Å². The molecule has 1 aromatic carbocycles. The van der Waals surface area contributed by atoms with E-state index < -0.39 is 0 Å². The van der Waals surface area contributed by atoms with Crippen LogP contribution in [0.5, 0.6) is 5.75 Å². The second kappa shape index (κ2) is 3.39. The maximum atomic E-state index is 6.05. The average Bonchev–Trinajstić information content (AvgIpc) is 2.56. The van der Waals surface area contributed by atoms with Gasteiger partial charge in [-0.25, -0.2) is 0 Å². The predicted molar refractivity (Wildman–Crippen MR) is 58.6 cm³/mol. The number of ether oxygens (including phenoxy) is 2. The van der Waals surface area contributed by atoms with Gasteiger partial charge in [0.2, 0.25) is 0 Å². The molecule has 0 saturated carbocycles. The Hall–Kier alpha value is -0.730. The highest BCUT2D eigenvalue weighted by atomic mass is 35.5. The summed E-state index contributed by atoms with van der Waals surface area (Å²) >= 11 is 5.97. The van der Waals surface area contributed by atoms with Crippen molar-refractivity contribution in [2.24, 2.45) is 0 Å². The minimum absolute atomic E-state index is 0.00867. The van der Waals surface area contributed by atoms with Crippen LogP contribution in [0.3, 0.4) is 0 Å². The van der Waals surface area contributed by atoms with Crippen LogP contribution in [0.25, 0.3) is 0 Å². The molecule has 0 aliphatic carbocycles. The molecule has 1 fully saturated rings. The number of hydrogen-bond acceptors (Lipinski definition) is 2. The van der Waals surface area contributed by atoms with Crippen LogP contribution in [-0.4, -0.2) is 18.8 Å². The Balaban J connectivity index is 1.90. The zero-order valence-electron chi connectivity index (χ0n) is 8.46. The lowest BCUT2D eigenvalue weighted by Crippen LogP contribution is -2.40. The predicted octanol–water partition coefficient (Wildman–Crippen LogP) is 2.82. The van der Waals surface area contributed by atoms with Crippen molar-refractivity contribution >= 4 is 11.6 Å². The highest BCUT2D eigenvalue weighted by molar-refractivity contribution is 6.30. The summed E-state index contributed by atoms with van der Waals surface area (Å²) in [6.07, 6.45) is 2.95. The Kier molecular flexibility index (Phi) is 2.15. The van der Waals surface area contributed by atoms with E-state index in [2.05, 4.69) is 0 Å². The van der Waals surface area contributed by atoms with Gasteiger partial charge in [0.1, 0.15) is 11.4 Å². The SMILES string of the molecule is Clc1ccc2c(c1)CC1(CCOCC1)O2. The molecule has 2 aliphatic rings. The van der Waals surface area contributed by atoms with Crippen LogP contribution in [-0.2, 0) is 11.2 Å². The maximum absolute atomic E-state index is 6.05. The van der Waals surface area contributed by atoms with Crippen LogP contribution in [0, 0.1) is 0 Å². The molecule has 2 heterocycles. The third-order valence-electron chi connectivity index (χ3n) is 3.27. The first kappa shape index (κ1) is 9.49. The molecule has 0 radical (unpaired) electrons. The third kappa shape index (κ3) is 1.62. The maximum Gasteiger partial charge on any atom is 0.123 e. The van der Waals surface area contributed by atoms with Crippen LogP contribution in [0.1, 0.15) is 18.4 Å². The lowest BCUT2D eigenvalue weighted by Gasteiger charge is -2.32. The highest BCUT2D eigenvalue weighted by Gasteiger charge is 2.40. The number of hydrogen-bond donors (Lipinski definition) is 0. The molecule has 1 spiro atoms. The van der Waals surface area contributed by atoms with E-state index in [0.29, 0.717) is 0 Å². The van der Waals surface area contributed by atoms with E-state index in [9.17, 15) is 0 Å². The molecule has 3 heteroatoms. The second-order valence-electron chi connectivity index (χ2n) is 4.33. The van der Waals surface area contributed by atoms with Gasteiger partial charge in [0.25, 0.3) is 0 Å². The number of halogens is 1. The largest absolute Gasteiger partial charge is 0.486 e. The first-order valence-electron chi connectivity index (χ1n) is 5.33. The highest BCUT2D eigenvalue weighted by Crippen LogP contribution is 2.41. The van der Waals surface area contributed by atoms with Crippen LogP contribution in [0.2, 0.25) is 5.02 Å². The Morgan fingerprint density at radius 3 is 2.80 bits per heavy atom. The summed E-state index contributed by atoms with van der Waals surface area (Å²) in [7, 11) is 0. The third-order valence-corrected chi connectivity index (χ3v) is 3.50. The topological polar surface area (TPSA) is 18.5 Å². The van der Waals surface area contributed by atoms with Crippen molar-refractivity contribution in [2.75, 3.05) is 13.2 Å². The Morgan fingerprint density at radius 1 is 1.20 bits per heavy atom. The molecule has 2 aliphatic heterocycles. The summed E-state index contributed by atoms with van der Waals surface area (Å²) < 4.78 is 11.4. The first-order chi connectivity index (χ1) is 7.27. The van der Waals surface area contributed by atoms with Crippen molar-refractivity contribution in [3.8, 4) is 5.75 Å². The summed E-state index contributed by atoms with van der Waals surface area (Å²) in [4.78, 5) is 0. The van der Waals surface area contributed by atoms with Crippen LogP contribution < -0.4 is 4.74 Å². The van der Waals surface area contributed by atoms with Gasteiger partial charge in [0.15, 0.2) is 0 Å². The van der Waals surface area contributed by atoms with E-state index in [0.717, 1.165) is 43.2 Å². The molecule has 15 heavy (non-hydrogen) atoms. The molecule has 1 aromatic rings. The zero-order valence-corrected chi connectivity index (χ0v) is 9.22. The van der Waals surface area contributed by atoms with Crippen LogP contribution >= 0.6 is 11.6 Å². The quantitative estimate of drug-likeness (QED) is 0.675. The number of fused-ring (bicyclic) bond motifs is 1. The van der Waals surface area contributed by atoms with Gasteiger partial charge >= 0.3 is 0 Å². The molecular formula is C12H13ClO2.